The maximum Gasteiger partial charge on any atom is 0.471 e. The van der Waals surface area contributed by atoms with Gasteiger partial charge in [-0.25, -0.2) is 4.79 Å². The highest BCUT2D eigenvalue weighted by Gasteiger charge is 2.45. The molecule has 9 heteroatoms. The smallest absolute Gasteiger partial charge is 0.471 e. The molecule has 0 unspecified atom stereocenters. The van der Waals surface area contributed by atoms with Crippen molar-refractivity contribution in [2.45, 2.75) is 25.1 Å². The van der Waals surface area contributed by atoms with E-state index in [1.165, 1.54) is 37.7 Å². The Balaban J connectivity index is 3.09. The number of amides is 1. The first-order chi connectivity index (χ1) is 10.5. The van der Waals surface area contributed by atoms with Gasteiger partial charge in [-0.3, -0.25) is 4.79 Å². The molecule has 23 heavy (non-hydrogen) atoms. The van der Waals surface area contributed by atoms with Crippen molar-refractivity contribution < 1.29 is 37.3 Å². The molecule has 0 aromatic heterocycles. The zero-order chi connectivity index (χ0) is 17.8. The van der Waals surface area contributed by atoms with Crippen molar-refractivity contribution in [2.24, 2.45) is 0 Å². The quantitative estimate of drug-likeness (QED) is 0.828. The number of benzene rings is 1. The van der Waals surface area contributed by atoms with Crippen LogP contribution in [0.5, 0.6) is 11.5 Å². The number of hydrogen-bond donors (Lipinski definition) is 2. The van der Waals surface area contributed by atoms with Gasteiger partial charge < -0.3 is 19.9 Å². The summed E-state index contributed by atoms with van der Waals surface area (Å²) in [4.78, 5) is 22.4. The van der Waals surface area contributed by atoms with Gasteiger partial charge in [0.1, 0.15) is 5.54 Å². The number of rotatable bonds is 6. The van der Waals surface area contributed by atoms with Crippen LogP contribution in [0.3, 0.4) is 0 Å². The second-order valence-electron chi connectivity index (χ2n) is 4.96. The lowest BCUT2D eigenvalue weighted by atomic mass is 9.92. The molecule has 1 atom stereocenters. The molecule has 6 nitrogen and oxygen atoms in total. The SMILES string of the molecule is COc1ccc(C[C@](C)(NC(=O)C(F)(F)F)C(=O)O)cc1OC. The van der Waals surface area contributed by atoms with Crippen LogP contribution < -0.4 is 14.8 Å². The Hall–Kier alpha value is -2.45. The van der Waals surface area contributed by atoms with Crippen molar-refractivity contribution in [1.82, 2.24) is 5.32 Å². The van der Waals surface area contributed by atoms with Gasteiger partial charge >= 0.3 is 18.1 Å². The van der Waals surface area contributed by atoms with Gasteiger partial charge in [-0.1, -0.05) is 6.07 Å². The molecule has 0 saturated carbocycles. The Morgan fingerprint density at radius 1 is 1.17 bits per heavy atom. The van der Waals surface area contributed by atoms with Gasteiger partial charge in [-0.15, -0.1) is 0 Å². The first kappa shape index (κ1) is 18.6. The molecule has 0 aliphatic rings. The van der Waals surface area contributed by atoms with Crippen LogP contribution in [0.1, 0.15) is 12.5 Å². The van der Waals surface area contributed by atoms with Crippen molar-refractivity contribution in [3.05, 3.63) is 23.8 Å². The fourth-order valence-corrected chi connectivity index (χ4v) is 1.89. The van der Waals surface area contributed by atoms with Gasteiger partial charge in [0.25, 0.3) is 0 Å². The van der Waals surface area contributed by atoms with Crippen molar-refractivity contribution >= 4 is 11.9 Å². The number of halogens is 3. The van der Waals surface area contributed by atoms with Gasteiger partial charge in [0.05, 0.1) is 14.2 Å². The molecule has 0 saturated heterocycles. The zero-order valence-corrected chi connectivity index (χ0v) is 12.7. The number of ether oxygens (including phenoxy) is 2. The van der Waals surface area contributed by atoms with Crippen LogP contribution in [0.25, 0.3) is 0 Å². The minimum Gasteiger partial charge on any atom is -0.493 e. The minimum absolute atomic E-state index is 0.292. The molecule has 0 heterocycles. The van der Waals surface area contributed by atoms with Crippen LogP contribution in [0.4, 0.5) is 13.2 Å². The van der Waals surface area contributed by atoms with Gasteiger partial charge in [-0.2, -0.15) is 13.2 Å². The number of carboxylic acids is 1. The van der Waals surface area contributed by atoms with E-state index in [9.17, 15) is 27.9 Å². The molecule has 2 N–H and O–H groups in total. The summed E-state index contributed by atoms with van der Waals surface area (Å²) >= 11 is 0. The molecule has 1 aromatic carbocycles. The fraction of sp³-hybridized carbons (Fsp3) is 0.429. The Labute approximate surface area is 130 Å². The van der Waals surface area contributed by atoms with Crippen LogP contribution in [-0.2, 0) is 16.0 Å². The van der Waals surface area contributed by atoms with Gasteiger partial charge in [0.2, 0.25) is 0 Å². The lowest BCUT2D eigenvalue weighted by Crippen LogP contribution is -2.57. The summed E-state index contributed by atoms with van der Waals surface area (Å²) in [6.07, 6.45) is -5.54. The molecular weight excluding hydrogens is 319 g/mol. The number of methoxy groups -OCH3 is 2. The number of alkyl halides is 3. The summed E-state index contributed by atoms with van der Waals surface area (Å²) in [6.45, 7) is 0.996. The summed E-state index contributed by atoms with van der Waals surface area (Å²) < 4.78 is 47.1. The van der Waals surface area contributed by atoms with Crippen LogP contribution >= 0.6 is 0 Å². The molecule has 0 spiro atoms. The second-order valence-corrected chi connectivity index (χ2v) is 4.96. The summed E-state index contributed by atoms with van der Waals surface area (Å²) in [5, 5.41) is 10.7. The van der Waals surface area contributed by atoms with Crippen molar-refractivity contribution in [3.63, 3.8) is 0 Å². The highest BCUT2D eigenvalue weighted by molar-refractivity contribution is 5.89. The third-order valence-electron chi connectivity index (χ3n) is 3.12. The summed E-state index contributed by atoms with van der Waals surface area (Å²) in [7, 11) is 2.77. The average Bonchev–Trinajstić information content (AvgIpc) is 2.45. The Morgan fingerprint density at radius 2 is 1.74 bits per heavy atom. The Kier molecular flexibility index (Phi) is 5.46. The Morgan fingerprint density at radius 3 is 2.17 bits per heavy atom. The van der Waals surface area contributed by atoms with E-state index in [4.69, 9.17) is 9.47 Å². The minimum atomic E-state index is -5.17. The van der Waals surface area contributed by atoms with Crippen molar-refractivity contribution in [2.75, 3.05) is 14.2 Å². The van der Waals surface area contributed by atoms with E-state index in [2.05, 4.69) is 0 Å². The highest BCUT2D eigenvalue weighted by atomic mass is 19.4. The van der Waals surface area contributed by atoms with Crippen LogP contribution in [0.2, 0.25) is 0 Å². The van der Waals surface area contributed by atoms with E-state index < -0.39 is 23.6 Å². The third-order valence-corrected chi connectivity index (χ3v) is 3.12. The topological polar surface area (TPSA) is 84.9 Å². The van der Waals surface area contributed by atoms with Crippen LogP contribution in [0, 0.1) is 0 Å². The number of carbonyl (C=O) groups excluding carboxylic acids is 1. The number of aliphatic carboxylic acids is 1. The van der Waals surface area contributed by atoms with Crippen molar-refractivity contribution in [1.29, 1.82) is 0 Å². The predicted octanol–water partition coefficient (Wildman–Crippen LogP) is 1.77. The summed E-state index contributed by atoms with van der Waals surface area (Å²) in [5.41, 5.74) is -1.78. The predicted molar refractivity (Wildman–Crippen MR) is 73.5 cm³/mol. The second kappa shape index (κ2) is 6.76. The monoisotopic (exact) mass is 335 g/mol. The molecule has 0 fully saturated rings. The third kappa shape index (κ3) is 4.51. The van der Waals surface area contributed by atoms with Crippen LogP contribution in [0.15, 0.2) is 18.2 Å². The average molecular weight is 335 g/mol. The maximum absolute atomic E-state index is 12.4. The Bertz CT molecular complexity index is 603. The van der Waals surface area contributed by atoms with E-state index in [-0.39, 0.29) is 6.42 Å². The molecule has 128 valence electrons. The lowest BCUT2D eigenvalue weighted by molar-refractivity contribution is -0.177. The molecule has 0 aliphatic carbocycles. The fourth-order valence-electron chi connectivity index (χ4n) is 1.89. The molecule has 0 aliphatic heterocycles. The number of nitrogens with one attached hydrogen (secondary N) is 1. The molecule has 0 bridgehead atoms. The summed E-state index contributed by atoms with van der Waals surface area (Å²) in [5.74, 6) is -3.24. The number of carboxylic acid groups (broad SMARTS) is 1. The number of carbonyl (C=O) groups is 2. The van der Waals surface area contributed by atoms with Gasteiger partial charge in [0, 0.05) is 6.42 Å². The zero-order valence-electron chi connectivity index (χ0n) is 12.7. The van der Waals surface area contributed by atoms with E-state index in [0.29, 0.717) is 17.1 Å². The van der Waals surface area contributed by atoms with E-state index in [0.717, 1.165) is 6.92 Å². The standard InChI is InChI=1S/C14H16F3NO5/c1-13(12(20)21,18-11(19)14(15,16)17)7-8-4-5-9(22-2)10(6-8)23-3/h4-6H,7H2,1-3H3,(H,18,19)(H,20,21)/t13-/m0/s1. The van der Waals surface area contributed by atoms with Gasteiger partial charge in [0.15, 0.2) is 11.5 Å². The number of hydrogen-bond acceptors (Lipinski definition) is 4. The van der Waals surface area contributed by atoms with E-state index in [1.54, 1.807) is 0 Å². The van der Waals surface area contributed by atoms with Crippen LogP contribution in [-0.4, -0.2) is 42.9 Å². The first-order valence-electron chi connectivity index (χ1n) is 6.37. The maximum atomic E-state index is 12.4. The normalized spacial score (nSPS) is 13.8. The van der Waals surface area contributed by atoms with E-state index in [1.807, 2.05) is 0 Å². The molecule has 1 aromatic rings. The molecule has 0 radical (unpaired) electrons. The molecule has 1 amide bonds. The first-order valence-corrected chi connectivity index (χ1v) is 6.37. The van der Waals surface area contributed by atoms with Gasteiger partial charge in [-0.05, 0) is 24.6 Å². The lowest BCUT2D eigenvalue weighted by Gasteiger charge is -2.27. The largest absolute Gasteiger partial charge is 0.493 e. The van der Waals surface area contributed by atoms with Crippen molar-refractivity contribution in [3.8, 4) is 11.5 Å². The van der Waals surface area contributed by atoms with E-state index >= 15 is 0 Å². The molecular formula is C14H16F3NO5. The summed E-state index contributed by atoms with van der Waals surface area (Å²) in [6, 6.07) is 4.39. The highest BCUT2D eigenvalue weighted by Crippen LogP contribution is 2.29. The molecule has 1 rings (SSSR count).